The molecule has 0 aromatic carbocycles. The lowest BCUT2D eigenvalue weighted by Crippen LogP contribution is -2.42. The normalized spacial score (nSPS) is 17.1. The number of hydrogen-bond donors (Lipinski definition) is 0. The fourth-order valence-electron chi connectivity index (χ4n) is 3.22. The van der Waals surface area contributed by atoms with E-state index < -0.39 is 0 Å². The smallest absolute Gasteiger partial charge is 0.271 e. The molecule has 1 atom stereocenters. The van der Waals surface area contributed by atoms with Gasteiger partial charge in [-0.15, -0.1) is 11.3 Å². The van der Waals surface area contributed by atoms with Gasteiger partial charge in [-0.25, -0.2) is 4.98 Å². The van der Waals surface area contributed by atoms with Crippen molar-refractivity contribution in [2.45, 2.75) is 55.5 Å². The maximum Gasteiger partial charge on any atom is 0.271 e. The van der Waals surface area contributed by atoms with Crippen LogP contribution in [0, 0.1) is 0 Å². The highest BCUT2D eigenvalue weighted by atomic mass is 32.2. The highest BCUT2D eigenvalue weighted by Crippen LogP contribution is 2.27. The van der Waals surface area contributed by atoms with Crippen molar-refractivity contribution in [1.82, 2.24) is 14.5 Å². The summed E-state index contributed by atoms with van der Waals surface area (Å²) in [4.78, 5) is 31.6. The molecular formula is C17H23N3O2S2. The van der Waals surface area contributed by atoms with E-state index in [-0.39, 0.29) is 16.7 Å². The molecule has 3 rings (SSSR count). The molecule has 0 aliphatic heterocycles. The molecule has 24 heavy (non-hydrogen) atoms. The average Bonchev–Trinajstić information content (AvgIpc) is 3.07. The lowest BCUT2D eigenvalue weighted by atomic mass is 9.94. The van der Waals surface area contributed by atoms with Crippen LogP contribution in [0.15, 0.2) is 21.4 Å². The Morgan fingerprint density at radius 2 is 2.12 bits per heavy atom. The zero-order valence-corrected chi connectivity index (χ0v) is 16.0. The summed E-state index contributed by atoms with van der Waals surface area (Å²) in [6.45, 7) is 1.90. The molecular weight excluding hydrogens is 342 g/mol. The first-order valence-corrected chi connectivity index (χ1v) is 10.1. The molecule has 0 saturated heterocycles. The Morgan fingerprint density at radius 1 is 1.42 bits per heavy atom. The van der Waals surface area contributed by atoms with Crippen molar-refractivity contribution in [2.24, 2.45) is 7.05 Å². The summed E-state index contributed by atoms with van der Waals surface area (Å²) in [7, 11) is 3.63. The van der Waals surface area contributed by atoms with Crippen LogP contribution < -0.4 is 5.56 Å². The zero-order valence-electron chi connectivity index (χ0n) is 14.3. The fourth-order valence-corrected chi connectivity index (χ4v) is 5.00. The number of thioether (sulfide) groups is 1. The summed E-state index contributed by atoms with van der Waals surface area (Å²) >= 11 is 2.77. The van der Waals surface area contributed by atoms with Gasteiger partial charge in [0.2, 0.25) is 5.91 Å². The van der Waals surface area contributed by atoms with Crippen LogP contribution in [0.4, 0.5) is 0 Å². The van der Waals surface area contributed by atoms with Crippen molar-refractivity contribution < 1.29 is 4.79 Å². The molecule has 2 aromatic rings. The molecule has 1 amide bonds. The molecule has 0 bridgehead atoms. The van der Waals surface area contributed by atoms with Gasteiger partial charge in [0.15, 0.2) is 5.16 Å². The van der Waals surface area contributed by atoms with Crippen LogP contribution in [-0.2, 0) is 11.8 Å². The SMILES string of the molecule is C[C@@H](Sc1nc2ccsc2c(=O)n1C)C(=O)N(C)C1CCCCC1. The van der Waals surface area contributed by atoms with Crippen molar-refractivity contribution in [3.05, 3.63) is 21.8 Å². The maximum absolute atomic E-state index is 12.7. The third-order valence-corrected chi connectivity index (χ3v) is 6.77. The monoisotopic (exact) mass is 365 g/mol. The molecule has 2 heterocycles. The van der Waals surface area contributed by atoms with Gasteiger partial charge in [0.25, 0.3) is 5.56 Å². The maximum atomic E-state index is 12.7. The van der Waals surface area contributed by atoms with E-state index in [0.29, 0.717) is 21.4 Å². The molecule has 1 fully saturated rings. The summed E-state index contributed by atoms with van der Waals surface area (Å²) in [5.74, 6) is 0.117. The average molecular weight is 366 g/mol. The van der Waals surface area contributed by atoms with Crippen molar-refractivity contribution in [3.63, 3.8) is 0 Å². The van der Waals surface area contributed by atoms with Crippen LogP contribution in [-0.4, -0.2) is 38.7 Å². The number of thiophene rings is 1. The van der Waals surface area contributed by atoms with Gasteiger partial charge in [0.05, 0.1) is 10.8 Å². The Labute approximate surface area is 150 Å². The Balaban J connectivity index is 1.76. The molecule has 0 unspecified atom stereocenters. The number of carbonyl (C=O) groups is 1. The highest BCUT2D eigenvalue weighted by Gasteiger charge is 2.27. The van der Waals surface area contributed by atoms with Crippen molar-refractivity contribution in [1.29, 1.82) is 0 Å². The van der Waals surface area contributed by atoms with Crippen molar-refractivity contribution in [3.8, 4) is 0 Å². The number of nitrogens with zero attached hydrogens (tertiary/aromatic N) is 3. The van der Waals surface area contributed by atoms with Gasteiger partial charge in [-0.1, -0.05) is 31.0 Å². The van der Waals surface area contributed by atoms with E-state index in [0.717, 1.165) is 12.8 Å². The van der Waals surface area contributed by atoms with Gasteiger partial charge in [-0.3, -0.25) is 14.2 Å². The van der Waals surface area contributed by atoms with E-state index in [1.165, 1.54) is 42.4 Å². The summed E-state index contributed by atoms with van der Waals surface area (Å²) < 4.78 is 2.22. The summed E-state index contributed by atoms with van der Waals surface area (Å²) in [5, 5.41) is 2.22. The molecule has 2 aromatic heterocycles. The Hall–Kier alpha value is -1.34. The number of aromatic nitrogens is 2. The molecule has 1 aliphatic carbocycles. The van der Waals surface area contributed by atoms with E-state index in [2.05, 4.69) is 4.98 Å². The van der Waals surface area contributed by atoms with E-state index in [1.807, 2.05) is 30.3 Å². The molecule has 7 heteroatoms. The standard InChI is InChI=1S/C17H23N3O2S2/c1-11(15(21)19(2)12-7-5-4-6-8-12)24-17-18-13-9-10-23-14(13)16(22)20(17)3/h9-12H,4-8H2,1-3H3/t11-/m1/s1. The summed E-state index contributed by atoms with van der Waals surface area (Å²) in [6.07, 6.45) is 5.87. The molecule has 0 radical (unpaired) electrons. The first-order valence-electron chi connectivity index (χ1n) is 8.36. The number of amides is 1. The quantitative estimate of drug-likeness (QED) is 0.616. The first kappa shape index (κ1) is 17.5. The van der Waals surface area contributed by atoms with Crippen LogP contribution in [0.2, 0.25) is 0 Å². The van der Waals surface area contributed by atoms with Crippen LogP contribution in [0.3, 0.4) is 0 Å². The van der Waals surface area contributed by atoms with Crippen molar-refractivity contribution in [2.75, 3.05) is 7.05 Å². The number of rotatable bonds is 4. The van der Waals surface area contributed by atoms with Crippen LogP contribution in [0.1, 0.15) is 39.0 Å². The largest absolute Gasteiger partial charge is 0.342 e. The molecule has 130 valence electrons. The van der Waals surface area contributed by atoms with Gasteiger partial charge in [-0.2, -0.15) is 0 Å². The highest BCUT2D eigenvalue weighted by molar-refractivity contribution is 8.00. The van der Waals surface area contributed by atoms with Crippen LogP contribution in [0.25, 0.3) is 10.2 Å². The number of fused-ring (bicyclic) bond motifs is 1. The predicted molar refractivity (Wildman–Crippen MR) is 99.8 cm³/mol. The van der Waals surface area contributed by atoms with E-state index >= 15 is 0 Å². The van der Waals surface area contributed by atoms with E-state index in [4.69, 9.17) is 0 Å². The van der Waals surface area contributed by atoms with Crippen LogP contribution in [0.5, 0.6) is 0 Å². The Kier molecular flexibility index (Phi) is 5.30. The van der Waals surface area contributed by atoms with E-state index in [9.17, 15) is 9.59 Å². The fraction of sp³-hybridized carbons (Fsp3) is 0.588. The Morgan fingerprint density at radius 3 is 2.83 bits per heavy atom. The molecule has 1 saturated carbocycles. The van der Waals surface area contributed by atoms with Gasteiger partial charge in [0, 0.05) is 20.1 Å². The lowest BCUT2D eigenvalue weighted by molar-refractivity contribution is -0.131. The minimum absolute atomic E-state index is 0.0437. The minimum atomic E-state index is -0.258. The molecule has 0 N–H and O–H groups in total. The second-order valence-corrected chi connectivity index (χ2v) is 8.62. The lowest BCUT2D eigenvalue weighted by Gasteiger charge is -2.32. The number of hydrogen-bond acceptors (Lipinski definition) is 5. The third kappa shape index (κ3) is 3.37. The summed E-state index contributed by atoms with van der Waals surface area (Å²) in [5.41, 5.74) is 0.670. The van der Waals surface area contributed by atoms with E-state index in [1.54, 1.807) is 11.6 Å². The third-order valence-electron chi connectivity index (χ3n) is 4.75. The zero-order chi connectivity index (χ0) is 17.3. The molecule has 0 spiro atoms. The van der Waals surface area contributed by atoms with Gasteiger partial charge >= 0.3 is 0 Å². The molecule has 1 aliphatic rings. The molecule has 5 nitrogen and oxygen atoms in total. The van der Waals surface area contributed by atoms with Gasteiger partial charge in [0.1, 0.15) is 4.70 Å². The van der Waals surface area contributed by atoms with Gasteiger partial charge < -0.3 is 4.90 Å². The second kappa shape index (κ2) is 7.27. The second-order valence-electron chi connectivity index (χ2n) is 6.39. The minimum Gasteiger partial charge on any atom is -0.342 e. The van der Waals surface area contributed by atoms with Gasteiger partial charge in [-0.05, 0) is 31.2 Å². The van der Waals surface area contributed by atoms with Crippen molar-refractivity contribution >= 4 is 39.2 Å². The summed E-state index contributed by atoms with van der Waals surface area (Å²) in [6, 6.07) is 2.21. The Bertz CT molecular complexity index is 793. The first-order chi connectivity index (χ1) is 11.5. The predicted octanol–water partition coefficient (Wildman–Crippen LogP) is 3.27. The number of carbonyl (C=O) groups excluding carboxylic acids is 1. The van der Waals surface area contributed by atoms with Crippen LogP contribution >= 0.6 is 23.1 Å². The topological polar surface area (TPSA) is 55.2 Å².